The Kier molecular flexibility index (Phi) is 5.94. The van der Waals surface area contributed by atoms with Crippen molar-refractivity contribution >= 4 is 22.9 Å². The molecule has 0 aliphatic carbocycles. The molecular formula is C24H17NO7. The number of hydrogen-bond acceptors (Lipinski definition) is 8. The van der Waals surface area contributed by atoms with E-state index in [9.17, 15) is 14.4 Å². The fourth-order valence-electron chi connectivity index (χ4n) is 2.88. The molecule has 0 saturated heterocycles. The van der Waals surface area contributed by atoms with E-state index in [2.05, 4.69) is 4.98 Å². The SMILES string of the molecule is CCOC(=O)c1ccc(Oc2coc3cc(OC(=O)c4ccncc4)ccc3c2=O)cc1. The first-order chi connectivity index (χ1) is 15.5. The molecule has 2 aromatic carbocycles. The van der Waals surface area contributed by atoms with Gasteiger partial charge in [-0.15, -0.1) is 0 Å². The average molecular weight is 431 g/mol. The first-order valence-electron chi connectivity index (χ1n) is 9.68. The minimum atomic E-state index is -0.555. The van der Waals surface area contributed by atoms with Gasteiger partial charge in [0.25, 0.3) is 0 Å². The van der Waals surface area contributed by atoms with E-state index >= 15 is 0 Å². The summed E-state index contributed by atoms with van der Waals surface area (Å²) in [5.41, 5.74) is 0.561. The number of rotatable bonds is 6. The lowest BCUT2D eigenvalue weighted by Crippen LogP contribution is -2.09. The van der Waals surface area contributed by atoms with Crippen LogP contribution in [0.3, 0.4) is 0 Å². The van der Waals surface area contributed by atoms with Gasteiger partial charge >= 0.3 is 11.9 Å². The Morgan fingerprint density at radius 1 is 0.906 bits per heavy atom. The second kappa shape index (κ2) is 9.13. The molecule has 0 aliphatic rings. The number of hydrogen-bond donors (Lipinski definition) is 0. The van der Waals surface area contributed by atoms with Crippen molar-refractivity contribution in [2.45, 2.75) is 6.92 Å². The van der Waals surface area contributed by atoms with Gasteiger partial charge < -0.3 is 18.6 Å². The molecule has 0 aliphatic heterocycles. The van der Waals surface area contributed by atoms with Crippen molar-refractivity contribution in [2.75, 3.05) is 6.61 Å². The van der Waals surface area contributed by atoms with Gasteiger partial charge in [0.05, 0.1) is 23.1 Å². The average Bonchev–Trinajstić information content (AvgIpc) is 2.82. The van der Waals surface area contributed by atoms with Crippen LogP contribution in [0.1, 0.15) is 27.6 Å². The topological polar surface area (TPSA) is 105 Å². The Bertz CT molecular complexity index is 1330. The van der Waals surface area contributed by atoms with Crippen LogP contribution in [0, 0.1) is 0 Å². The Labute approximate surface area is 182 Å². The molecule has 2 aromatic heterocycles. The number of pyridine rings is 1. The number of carbonyl (C=O) groups excluding carboxylic acids is 2. The van der Waals surface area contributed by atoms with E-state index in [1.807, 2.05) is 0 Å². The molecule has 4 rings (SSSR count). The van der Waals surface area contributed by atoms with Gasteiger partial charge in [0, 0.05) is 18.5 Å². The number of benzene rings is 2. The van der Waals surface area contributed by atoms with Crippen LogP contribution < -0.4 is 14.9 Å². The van der Waals surface area contributed by atoms with E-state index in [0.717, 1.165) is 0 Å². The summed E-state index contributed by atoms with van der Waals surface area (Å²) in [5, 5.41) is 0.259. The van der Waals surface area contributed by atoms with Crippen LogP contribution in [0.25, 0.3) is 11.0 Å². The van der Waals surface area contributed by atoms with Crippen molar-refractivity contribution in [3.05, 3.63) is 94.6 Å². The Hall–Kier alpha value is -4.46. The molecule has 4 aromatic rings. The number of carbonyl (C=O) groups is 2. The Balaban J connectivity index is 1.53. The molecule has 0 fully saturated rings. The third-order valence-electron chi connectivity index (χ3n) is 4.43. The fourth-order valence-corrected chi connectivity index (χ4v) is 2.88. The maximum absolute atomic E-state index is 12.8. The van der Waals surface area contributed by atoms with Crippen molar-refractivity contribution in [1.82, 2.24) is 4.98 Å². The summed E-state index contributed by atoms with van der Waals surface area (Å²) in [6.07, 6.45) is 4.16. The molecule has 0 saturated carbocycles. The lowest BCUT2D eigenvalue weighted by Gasteiger charge is -2.08. The van der Waals surface area contributed by atoms with Gasteiger partial charge in [-0.3, -0.25) is 9.78 Å². The van der Waals surface area contributed by atoms with Gasteiger partial charge in [-0.05, 0) is 55.5 Å². The molecule has 8 nitrogen and oxygen atoms in total. The molecule has 0 N–H and O–H groups in total. The predicted octanol–water partition coefficient (Wildman–Crippen LogP) is 4.38. The number of fused-ring (bicyclic) bond motifs is 1. The summed E-state index contributed by atoms with van der Waals surface area (Å²) in [7, 11) is 0. The standard InChI is InChI=1S/C24H17NO7/c1-2-29-23(27)15-3-5-17(6-4-15)31-21-14-30-20-13-18(7-8-19(20)22(21)26)32-24(28)16-9-11-25-12-10-16/h3-14H,2H2,1H3. The van der Waals surface area contributed by atoms with Crippen molar-refractivity contribution < 1.29 is 28.2 Å². The van der Waals surface area contributed by atoms with E-state index in [1.165, 1.54) is 49.0 Å². The van der Waals surface area contributed by atoms with Gasteiger partial charge in [0.1, 0.15) is 23.3 Å². The monoisotopic (exact) mass is 431 g/mol. The molecular weight excluding hydrogens is 414 g/mol. The van der Waals surface area contributed by atoms with Crippen LogP contribution in [0.5, 0.6) is 17.2 Å². The maximum Gasteiger partial charge on any atom is 0.343 e. The molecule has 2 heterocycles. The van der Waals surface area contributed by atoms with Crippen LogP contribution >= 0.6 is 0 Å². The van der Waals surface area contributed by atoms with E-state index in [0.29, 0.717) is 16.9 Å². The second-order valence-electron chi connectivity index (χ2n) is 6.56. The zero-order chi connectivity index (χ0) is 22.5. The summed E-state index contributed by atoms with van der Waals surface area (Å²) in [6, 6.07) is 13.7. The zero-order valence-corrected chi connectivity index (χ0v) is 16.9. The number of esters is 2. The minimum absolute atomic E-state index is 0.0251. The normalized spacial score (nSPS) is 10.5. The van der Waals surface area contributed by atoms with Crippen LogP contribution in [0.4, 0.5) is 0 Å². The highest BCUT2D eigenvalue weighted by Crippen LogP contribution is 2.25. The van der Waals surface area contributed by atoms with Gasteiger partial charge in [-0.1, -0.05) is 0 Å². The van der Waals surface area contributed by atoms with Crippen molar-refractivity contribution in [1.29, 1.82) is 0 Å². The summed E-state index contributed by atoms with van der Waals surface area (Å²) in [5.74, 6) is -0.439. The number of ether oxygens (including phenoxy) is 3. The summed E-state index contributed by atoms with van der Waals surface area (Å²) >= 11 is 0. The predicted molar refractivity (Wildman–Crippen MR) is 114 cm³/mol. The summed E-state index contributed by atoms with van der Waals surface area (Å²) in [6.45, 7) is 2.00. The number of aromatic nitrogens is 1. The molecule has 0 atom stereocenters. The Morgan fingerprint density at radius 3 is 2.31 bits per heavy atom. The summed E-state index contributed by atoms with van der Waals surface area (Å²) in [4.78, 5) is 40.5. The first kappa shape index (κ1) is 20.8. The number of nitrogens with zero attached hydrogens (tertiary/aromatic N) is 1. The van der Waals surface area contributed by atoms with Crippen LogP contribution in [0.2, 0.25) is 0 Å². The molecule has 32 heavy (non-hydrogen) atoms. The van der Waals surface area contributed by atoms with Gasteiger partial charge in [-0.2, -0.15) is 0 Å². The molecule has 0 unspecified atom stereocenters. The lowest BCUT2D eigenvalue weighted by atomic mass is 10.2. The molecule has 8 heteroatoms. The van der Waals surface area contributed by atoms with E-state index < -0.39 is 17.4 Å². The molecule has 0 radical (unpaired) electrons. The Morgan fingerprint density at radius 2 is 1.59 bits per heavy atom. The maximum atomic E-state index is 12.8. The third-order valence-corrected chi connectivity index (χ3v) is 4.43. The van der Waals surface area contributed by atoms with E-state index in [-0.39, 0.29) is 29.1 Å². The first-order valence-corrected chi connectivity index (χ1v) is 9.68. The van der Waals surface area contributed by atoms with Crippen molar-refractivity contribution in [2.24, 2.45) is 0 Å². The van der Waals surface area contributed by atoms with E-state index in [4.69, 9.17) is 18.6 Å². The van der Waals surface area contributed by atoms with Crippen molar-refractivity contribution in [3.8, 4) is 17.2 Å². The second-order valence-corrected chi connectivity index (χ2v) is 6.56. The fraction of sp³-hybridized carbons (Fsp3) is 0.0833. The van der Waals surface area contributed by atoms with Crippen LogP contribution in [-0.2, 0) is 4.74 Å². The van der Waals surface area contributed by atoms with Crippen LogP contribution in [0.15, 0.2) is 82.5 Å². The molecule has 0 spiro atoms. The highest BCUT2D eigenvalue weighted by atomic mass is 16.5. The summed E-state index contributed by atoms with van der Waals surface area (Å²) < 4.78 is 21.4. The largest absolute Gasteiger partial charge is 0.462 e. The molecule has 0 bridgehead atoms. The zero-order valence-electron chi connectivity index (χ0n) is 16.9. The van der Waals surface area contributed by atoms with Gasteiger partial charge in [0.15, 0.2) is 0 Å². The molecule has 160 valence electrons. The smallest absolute Gasteiger partial charge is 0.343 e. The van der Waals surface area contributed by atoms with Gasteiger partial charge in [-0.25, -0.2) is 9.59 Å². The van der Waals surface area contributed by atoms with E-state index in [1.54, 1.807) is 31.2 Å². The van der Waals surface area contributed by atoms with Gasteiger partial charge in [0.2, 0.25) is 11.2 Å². The van der Waals surface area contributed by atoms with Crippen LogP contribution in [-0.4, -0.2) is 23.5 Å². The van der Waals surface area contributed by atoms with Crippen molar-refractivity contribution in [3.63, 3.8) is 0 Å². The minimum Gasteiger partial charge on any atom is -0.462 e. The highest BCUT2D eigenvalue weighted by molar-refractivity contribution is 5.91. The quantitative estimate of drug-likeness (QED) is 0.327. The third kappa shape index (κ3) is 4.49. The molecule has 0 amide bonds. The highest BCUT2D eigenvalue weighted by Gasteiger charge is 2.13. The lowest BCUT2D eigenvalue weighted by molar-refractivity contribution is 0.0526.